The Morgan fingerprint density at radius 2 is 1.71 bits per heavy atom. The van der Waals surface area contributed by atoms with Crippen LogP contribution in [0.1, 0.15) is 37.3 Å². The van der Waals surface area contributed by atoms with Gasteiger partial charge in [-0.05, 0) is 66.7 Å². The minimum atomic E-state index is -1.02. The number of rotatable bonds is 9. The van der Waals surface area contributed by atoms with Crippen LogP contribution in [0, 0.1) is 0 Å². The summed E-state index contributed by atoms with van der Waals surface area (Å²) >= 11 is 0. The molecule has 0 fully saturated rings. The molecule has 1 heterocycles. The second-order valence-corrected chi connectivity index (χ2v) is 10.4. The van der Waals surface area contributed by atoms with Gasteiger partial charge >= 0.3 is 0 Å². The average molecular weight is 631 g/mol. The summed E-state index contributed by atoms with van der Waals surface area (Å²) in [6, 6.07) is 10.2. The Labute approximate surface area is 264 Å². The lowest BCUT2D eigenvalue weighted by molar-refractivity contribution is -0.131. The van der Waals surface area contributed by atoms with Crippen molar-refractivity contribution in [3.05, 3.63) is 53.6 Å². The number of aromatic hydroxyl groups is 1. The number of phenols is 1. The summed E-state index contributed by atoms with van der Waals surface area (Å²) in [5.74, 6) is -2.14. The molecule has 3 unspecified atom stereocenters. The summed E-state index contributed by atoms with van der Waals surface area (Å²) in [6.45, 7) is 2.95. The Morgan fingerprint density at radius 1 is 1.02 bits per heavy atom. The van der Waals surface area contributed by atoms with Gasteiger partial charge in [0.25, 0.3) is 0 Å². The Morgan fingerprint density at radius 3 is 2.38 bits per heavy atom. The van der Waals surface area contributed by atoms with Gasteiger partial charge in [0.15, 0.2) is 0 Å². The first-order chi connectivity index (χ1) is 21.6. The van der Waals surface area contributed by atoms with Gasteiger partial charge in [-0.25, -0.2) is 0 Å². The lowest BCUT2D eigenvalue weighted by atomic mass is 9.96. The van der Waals surface area contributed by atoms with E-state index in [4.69, 9.17) is 28.0 Å². The number of carbonyl (C=O) groups excluding carboxylic acids is 4. The summed E-state index contributed by atoms with van der Waals surface area (Å²) in [7, 11) is 1.00. The van der Waals surface area contributed by atoms with Gasteiger partial charge in [-0.2, -0.15) is 0 Å². The van der Waals surface area contributed by atoms with Crippen molar-refractivity contribution in [3.63, 3.8) is 0 Å². The van der Waals surface area contributed by atoms with Crippen molar-refractivity contribution in [2.75, 3.05) is 39.8 Å². The molecule has 0 saturated heterocycles. The molecule has 14 nitrogen and oxygen atoms in total. The van der Waals surface area contributed by atoms with Gasteiger partial charge in [0.1, 0.15) is 11.8 Å². The third kappa shape index (κ3) is 14.5. The first kappa shape index (κ1) is 38.9. The van der Waals surface area contributed by atoms with Crippen molar-refractivity contribution in [1.29, 1.82) is 0 Å². The van der Waals surface area contributed by atoms with Crippen molar-refractivity contribution in [2.24, 2.45) is 22.9 Å². The molecule has 2 aromatic carbocycles. The van der Waals surface area contributed by atoms with Gasteiger partial charge in [0, 0.05) is 32.5 Å². The van der Waals surface area contributed by atoms with Crippen LogP contribution in [0.25, 0.3) is 11.1 Å². The number of aliphatic hydroxyl groups is 1. The van der Waals surface area contributed by atoms with Crippen molar-refractivity contribution >= 4 is 23.6 Å². The highest BCUT2D eigenvalue weighted by molar-refractivity contribution is 5.92. The van der Waals surface area contributed by atoms with Gasteiger partial charge < -0.3 is 54.4 Å². The highest BCUT2D eigenvalue weighted by atomic mass is 16.3. The number of amides is 4. The highest BCUT2D eigenvalue weighted by Gasteiger charge is 2.24. The molecule has 14 N–H and O–H groups in total. The van der Waals surface area contributed by atoms with Crippen LogP contribution in [-0.4, -0.2) is 91.8 Å². The molecule has 3 rings (SSSR count). The molecule has 1 aliphatic heterocycles. The largest absolute Gasteiger partial charge is 0.508 e. The van der Waals surface area contributed by atoms with E-state index in [1.54, 1.807) is 12.1 Å². The number of phenolic OH excluding ortho intramolecular Hbond substituents is 1. The first-order valence-corrected chi connectivity index (χ1v) is 15.0. The summed E-state index contributed by atoms with van der Waals surface area (Å²) in [6.07, 6.45) is 2.72. The smallest absolute Gasteiger partial charge is 0.243 e. The van der Waals surface area contributed by atoms with Gasteiger partial charge in [-0.15, -0.1) is 0 Å². The van der Waals surface area contributed by atoms with E-state index in [1.165, 1.54) is 6.07 Å². The Hall–Kier alpha value is -4.08. The van der Waals surface area contributed by atoms with E-state index in [0.717, 1.165) is 43.2 Å². The monoisotopic (exact) mass is 630 g/mol. The molecular weight excluding hydrogens is 580 g/mol. The fraction of sp³-hybridized carbons (Fsp3) is 0.484. The van der Waals surface area contributed by atoms with Crippen LogP contribution in [0.4, 0.5) is 0 Å². The maximum atomic E-state index is 13.0. The number of benzene rings is 2. The van der Waals surface area contributed by atoms with Gasteiger partial charge in [0.2, 0.25) is 23.6 Å². The molecule has 0 spiro atoms. The molecule has 14 heteroatoms. The lowest BCUT2D eigenvalue weighted by Crippen LogP contribution is -2.53. The zero-order valence-electron chi connectivity index (χ0n) is 26.2. The molecule has 4 amide bonds. The zero-order valence-corrected chi connectivity index (χ0v) is 26.2. The Balaban J connectivity index is 0.00000156. The highest BCUT2D eigenvalue weighted by Crippen LogP contribution is 2.28. The third-order valence-corrected chi connectivity index (χ3v) is 6.68. The van der Waals surface area contributed by atoms with E-state index in [1.807, 2.05) is 24.3 Å². The molecule has 4 bridgehead atoms. The molecule has 0 aliphatic carbocycles. The second-order valence-electron chi connectivity index (χ2n) is 10.4. The first-order valence-electron chi connectivity index (χ1n) is 15.0. The van der Waals surface area contributed by atoms with E-state index in [-0.39, 0.29) is 37.7 Å². The van der Waals surface area contributed by atoms with Crippen LogP contribution < -0.4 is 44.2 Å². The summed E-state index contributed by atoms with van der Waals surface area (Å²) in [4.78, 5) is 50.4. The second kappa shape index (κ2) is 21.6. The van der Waals surface area contributed by atoms with Gasteiger partial charge in [-0.3, -0.25) is 19.2 Å². The summed E-state index contributed by atoms with van der Waals surface area (Å²) in [5, 5.41) is 27.6. The molecule has 1 aliphatic rings. The maximum Gasteiger partial charge on any atom is 0.243 e. The molecule has 3 atom stereocenters. The number of hydrogen-bond acceptors (Lipinski definition) is 10. The fourth-order valence-corrected chi connectivity index (χ4v) is 4.21. The van der Waals surface area contributed by atoms with Crippen LogP contribution >= 0.6 is 0 Å². The van der Waals surface area contributed by atoms with Crippen molar-refractivity contribution in [2.45, 2.75) is 57.2 Å². The summed E-state index contributed by atoms with van der Waals surface area (Å²) < 4.78 is 0. The SMILES string of the molecule is CCCN.CO.NCCCC(N)CNC(=O)CNC(=O)C1Cc2cccc(c2)-c2ccc(O)c(c2)CC(N)C(=O)NCC(=O)N1. The number of fused-ring (bicyclic) bond motifs is 5. The van der Waals surface area contributed by atoms with E-state index in [2.05, 4.69) is 28.2 Å². The molecular formula is C31H50N8O6. The quantitative estimate of drug-likeness (QED) is 0.151. The average Bonchev–Trinajstić information content (AvgIpc) is 3.05. The normalized spacial score (nSPS) is 16.9. The van der Waals surface area contributed by atoms with Crippen LogP contribution in [-0.2, 0) is 32.0 Å². The van der Waals surface area contributed by atoms with E-state index in [0.29, 0.717) is 18.5 Å². The van der Waals surface area contributed by atoms with Gasteiger partial charge in [0.05, 0.1) is 19.1 Å². The van der Waals surface area contributed by atoms with Crippen molar-refractivity contribution < 1.29 is 29.4 Å². The van der Waals surface area contributed by atoms with E-state index < -0.39 is 42.3 Å². The predicted octanol–water partition coefficient (Wildman–Crippen LogP) is -1.65. The van der Waals surface area contributed by atoms with Crippen LogP contribution in [0.15, 0.2) is 42.5 Å². The molecule has 250 valence electrons. The number of hydrogen-bond donors (Lipinski definition) is 10. The molecule has 2 aromatic rings. The molecule has 45 heavy (non-hydrogen) atoms. The van der Waals surface area contributed by atoms with Crippen LogP contribution in [0.5, 0.6) is 5.75 Å². The predicted molar refractivity (Wildman–Crippen MR) is 174 cm³/mol. The van der Waals surface area contributed by atoms with Crippen molar-refractivity contribution in [3.8, 4) is 16.9 Å². The lowest BCUT2D eigenvalue weighted by Gasteiger charge is -2.20. The minimum absolute atomic E-state index is 0.0125. The topological polar surface area (TPSA) is 261 Å². The number of nitrogens with one attached hydrogen (secondary N) is 4. The number of carbonyl (C=O) groups is 4. The van der Waals surface area contributed by atoms with Gasteiger partial charge in [-0.1, -0.05) is 37.3 Å². The minimum Gasteiger partial charge on any atom is -0.508 e. The van der Waals surface area contributed by atoms with E-state index in [9.17, 15) is 24.3 Å². The zero-order chi connectivity index (χ0) is 33.8. The fourth-order valence-electron chi connectivity index (χ4n) is 4.21. The Kier molecular flexibility index (Phi) is 18.7. The van der Waals surface area contributed by atoms with Crippen molar-refractivity contribution in [1.82, 2.24) is 21.3 Å². The number of aliphatic hydroxyl groups excluding tert-OH is 1. The van der Waals surface area contributed by atoms with Crippen LogP contribution in [0.2, 0.25) is 0 Å². The summed E-state index contributed by atoms with van der Waals surface area (Å²) in [5.41, 5.74) is 25.3. The molecule has 0 saturated carbocycles. The molecule has 0 radical (unpaired) electrons. The maximum absolute atomic E-state index is 13.0. The standard InChI is InChI=1S/C27H37N7O5.C3H9N.CH4O/c28-8-2-5-20(29)13-31-24(36)14-33-27(39)22-10-16-3-1-4-17(9-16)18-6-7-23(35)19(11-18)12-21(30)26(38)32-15-25(37)34-22;1-2-3-4;1-2/h1,3-4,6-7,9,11,20-22,35H,2,5,8,10,12-15,28-30H2,(H,31,36)(H,32,38)(H,33,39)(H,34,37);2-4H2,1H3;2H,1H3. The van der Waals surface area contributed by atoms with E-state index >= 15 is 0 Å². The third-order valence-electron chi connectivity index (χ3n) is 6.68. The Bertz CT molecular complexity index is 1230. The van der Waals surface area contributed by atoms with Crippen LogP contribution in [0.3, 0.4) is 0 Å². The molecule has 0 aromatic heterocycles. The number of nitrogens with two attached hydrogens (primary N) is 4.